The number of imide groups is 1. The Labute approximate surface area is 103 Å². The molecule has 0 saturated carbocycles. The van der Waals surface area contributed by atoms with Crippen molar-refractivity contribution in [3.8, 4) is 0 Å². The molecule has 0 atom stereocenters. The monoisotopic (exact) mass is 260 g/mol. The van der Waals surface area contributed by atoms with Crippen molar-refractivity contribution in [3.63, 3.8) is 0 Å². The van der Waals surface area contributed by atoms with E-state index in [0.29, 0.717) is 0 Å². The van der Waals surface area contributed by atoms with E-state index in [1.807, 2.05) is 5.32 Å². The number of nitrogens with one attached hydrogen (secondary N) is 2. The summed E-state index contributed by atoms with van der Waals surface area (Å²) in [5.41, 5.74) is -0.172. The lowest BCUT2D eigenvalue weighted by Crippen LogP contribution is -2.40. The van der Waals surface area contributed by atoms with E-state index < -0.39 is 17.9 Å². The van der Waals surface area contributed by atoms with Crippen molar-refractivity contribution in [2.75, 3.05) is 6.54 Å². The van der Waals surface area contributed by atoms with Gasteiger partial charge in [-0.05, 0) is 13.8 Å². The Morgan fingerprint density at radius 2 is 1.76 bits per heavy atom. The molecule has 0 rings (SSSR count). The smallest absolute Gasteiger partial charge is 0.331 e. The fourth-order valence-corrected chi connectivity index (χ4v) is 0.815. The summed E-state index contributed by atoms with van der Waals surface area (Å²) < 4.78 is 0. The van der Waals surface area contributed by atoms with E-state index in [9.17, 15) is 14.4 Å². The largest absolute Gasteiger partial charge is 0.478 e. The highest BCUT2D eigenvalue weighted by Gasteiger charge is 2.14. The predicted octanol–water partition coefficient (Wildman–Crippen LogP) is 0.986. The van der Waals surface area contributed by atoms with Gasteiger partial charge in [-0.1, -0.05) is 18.2 Å². The lowest BCUT2D eigenvalue weighted by molar-refractivity contribution is -0.133. The molecule has 0 aliphatic heterocycles. The van der Waals surface area contributed by atoms with Gasteiger partial charge in [-0.3, -0.25) is 10.1 Å². The van der Waals surface area contributed by atoms with Gasteiger partial charge >= 0.3 is 12.0 Å². The van der Waals surface area contributed by atoms with Crippen molar-refractivity contribution in [3.05, 3.63) is 22.8 Å². The molecule has 0 aliphatic rings. The minimum absolute atomic E-state index is 0.0152. The molecule has 0 aliphatic carbocycles. The summed E-state index contributed by atoms with van der Waals surface area (Å²) in [6.07, 6.45) is 0. The molecule has 0 aromatic rings. The molecule has 7 heteroatoms. The van der Waals surface area contributed by atoms with E-state index in [1.165, 1.54) is 13.8 Å². The fourth-order valence-electron chi connectivity index (χ4n) is 0.748. The lowest BCUT2D eigenvalue weighted by Gasteiger charge is -2.07. The summed E-state index contributed by atoms with van der Waals surface area (Å²) in [4.78, 5) is 33.1. The third-order valence-corrected chi connectivity index (χ3v) is 2.03. The Balaban J connectivity index is 4.46. The Morgan fingerprint density at radius 3 is 2.18 bits per heavy atom. The number of hydrogen-bond donors (Lipinski definition) is 3. The number of carboxylic acids is 1. The number of hydrogen-bond acceptors (Lipinski definition) is 3. The molecule has 0 unspecified atom stereocenters. The second-order valence-electron chi connectivity index (χ2n) is 3.21. The molecule has 0 heterocycles. The van der Waals surface area contributed by atoms with E-state index >= 15 is 0 Å². The standard InChI is InChI=1S/C10H13ClN2O4/c1-5(11)4-12-10(17)13-8(14)6(2)7(3)9(15)16/h1,4H2,2-3H3,(H,15,16)(H2,12,13,14,17). The number of urea groups is 1. The van der Waals surface area contributed by atoms with Crippen molar-refractivity contribution in [2.45, 2.75) is 13.8 Å². The van der Waals surface area contributed by atoms with Gasteiger partial charge in [-0.15, -0.1) is 0 Å². The van der Waals surface area contributed by atoms with Gasteiger partial charge in [0, 0.05) is 16.2 Å². The SMILES string of the molecule is C=C(Cl)CNC(=O)NC(=O)C(C)=C(C)C(=O)O. The van der Waals surface area contributed by atoms with Gasteiger partial charge in [0.1, 0.15) is 0 Å². The fraction of sp³-hybridized carbons (Fsp3) is 0.300. The third-order valence-electron chi connectivity index (χ3n) is 1.89. The van der Waals surface area contributed by atoms with E-state index in [1.54, 1.807) is 0 Å². The number of carbonyl (C=O) groups is 3. The first-order valence-corrected chi connectivity index (χ1v) is 4.96. The number of amides is 3. The zero-order chi connectivity index (χ0) is 13.6. The van der Waals surface area contributed by atoms with Crippen molar-refractivity contribution in [1.82, 2.24) is 10.6 Å². The van der Waals surface area contributed by atoms with Gasteiger partial charge in [-0.25, -0.2) is 9.59 Å². The average molecular weight is 261 g/mol. The van der Waals surface area contributed by atoms with Crippen LogP contribution < -0.4 is 10.6 Å². The number of rotatable bonds is 4. The average Bonchev–Trinajstić information content (AvgIpc) is 2.23. The van der Waals surface area contributed by atoms with Crippen LogP contribution in [0.4, 0.5) is 4.79 Å². The molecule has 17 heavy (non-hydrogen) atoms. The molecule has 3 amide bonds. The summed E-state index contributed by atoms with van der Waals surface area (Å²) >= 11 is 5.40. The lowest BCUT2D eigenvalue weighted by atomic mass is 10.1. The quantitative estimate of drug-likeness (QED) is 0.657. The summed E-state index contributed by atoms with van der Waals surface area (Å²) in [6, 6.07) is -0.769. The molecule has 0 radical (unpaired) electrons. The molecule has 0 aromatic heterocycles. The zero-order valence-electron chi connectivity index (χ0n) is 9.46. The second kappa shape index (κ2) is 6.70. The second-order valence-corrected chi connectivity index (χ2v) is 3.74. The topological polar surface area (TPSA) is 95.5 Å². The number of aliphatic carboxylic acids is 1. The van der Waals surface area contributed by atoms with Crippen LogP contribution in [0.5, 0.6) is 0 Å². The van der Waals surface area contributed by atoms with E-state index in [-0.39, 0.29) is 22.7 Å². The van der Waals surface area contributed by atoms with Crippen molar-refractivity contribution < 1.29 is 19.5 Å². The van der Waals surface area contributed by atoms with Crippen LogP contribution in [-0.2, 0) is 9.59 Å². The summed E-state index contributed by atoms with van der Waals surface area (Å²) in [5.74, 6) is -1.99. The molecular weight excluding hydrogens is 248 g/mol. The first-order valence-electron chi connectivity index (χ1n) is 4.59. The third kappa shape index (κ3) is 5.72. The van der Waals surface area contributed by atoms with Gasteiger partial charge in [0.2, 0.25) is 0 Å². The molecule has 0 bridgehead atoms. The van der Waals surface area contributed by atoms with Crippen LogP contribution in [0.25, 0.3) is 0 Å². The molecule has 0 spiro atoms. The number of carboxylic acid groups (broad SMARTS) is 1. The first-order chi connectivity index (χ1) is 7.75. The van der Waals surface area contributed by atoms with Gasteiger partial charge in [0.25, 0.3) is 5.91 Å². The van der Waals surface area contributed by atoms with Gasteiger partial charge in [0.05, 0.1) is 6.54 Å². The van der Waals surface area contributed by atoms with Crippen LogP contribution in [0.2, 0.25) is 0 Å². The van der Waals surface area contributed by atoms with Crippen LogP contribution in [0.15, 0.2) is 22.8 Å². The van der Waals surface area contributed by atoms with Gasteiger partial charge in [-0.2, -0.15) is 0 Å². The zero-order valence-corrected chi connectivity index (χ0v) is 10.2. The maximum absolute atomic E-state index is 11.4. The number of halogens is 1. The van der Waals surface area contributed by atoms with Gasteiger partial charge in [0.15, 0.2) is 0 Å². The van der Waals surface area contributed by atoms with E-state index in [2.05, 4.69) is 11.9 Å². The van der Waals surface area contributed by atoms with Gasteiger partial charge < -0.3 is 10.4 Å². The molecular formula is C10H13ClN2O4. The molecule has 0 saturated heterocycles. The molecule has 3 N–H and O–H groups in total. The summed E-state index contributed by atoms with van der Waals surface area (Å²) in [5, 5.41) is 13.1. The highest BCUT2D eigenvalue weighted by Crippen LogP contribution is 2.03. The first kappa shape index (κ1) is 15.2. The Hall–Kier alpha value is -1.82. The van der Waals surface area contributed by atoms with Crippen LogP contribution in [0, 0.1) is 0 Å². The normalized spacial score (nSPS) is 11.2. The maximum atomic E-state index is 11.4. The maximum Gasteiger partial charge on any atom is 0.331 e. The summed E-state index contributed by atoms with van der Waals surface area (Å²) in [7, 11) is 0. The number of carbonyl (C=O) groups excluding carboxylic acids is 2. The summed E-state index contributed by atoms with van der Waals surface area (Å²) in [6.45, 7) is 5.94. The van der Waals surface area contributed by atoms with Crippen molar-refractivity contribution >= 4 is 29.5 Å². The Bertz CT molecular complexity index is 401. The molecule has 0 aromatic carbocycles. The highest BCUT2D eigenvalue weighted by molar-refractivity contribution is 6.29. The van der Waals surface area contributed by atoms with Crippen LogP contribution >= 0.6 is 11.6 Å². The molecule has 6 nitrogen and oxygen atoms in total. The minimum Gasteiger partial charge on any atom is -0.478 e. The Morgan fingerprint density at radius 1 is 1.24 bits per heavy atom. The Kier molecular flexibility index (Phi) is 5.98. The van der Waals surface area contributed by atoms with Crippen LogP contribution in [0.1, 0.15) is 13.8 Å². The highest BCUT2D eigenvalue weighted by atomic mass is 35.5. The van der Waals surface area contributed by atoms with Crippen LogP contribution in [0.3, 0.4) is 0 Å². The van der Waals surface area contributed by atoms with Crippen molar-refractivity contribution in [2.24, 2.45) is 0 Å². The molecule has 94 valence electrons. The molecule has 0 fully saturated rings. The van der Waals surface area contributed by atoms with Crippen molar-refractivity contribution in [1.29, 1.82) is 0 Å². The minimum atomic E-state index is -1.22. The van der Waals surface area contributed by atoms with E-state index in [0.717, 1.165) is 0 Å². The van der Waals surface area contributed by atoms with Crippen LogP contribution in [-0.4, -0.2) is 29.6 Å². The predicted molar refractivity (Wildman–Crippen MR) is 62.5 cm³/mol. The van der Waals surface area contributed by atoms with E-state index in [4.69, 9.17) is 16.7 Å².